The Morgan fingerprint density at radius 1 is 1.08 bits per heavy atom. The highest BCUT2D eigenvalue weighted by atomic mass is 35.5. The minimum Gasteiger partial charge on any atom is -0.506 e. The number of benzene rings is 3. The lowest BCUT2D eigenvalue weighted by Gasteiger charge is -2.19. The molecule has 0 atom stereocenters. The first-order valence-corrected chi connectivity index (χ1v) is 12.2. The minimum absolute atomic E-state index is 0.0745. The highest BCUT2D eigenvalue weighted by molar-refractivity contribution is 6.32. The fraction of sp³-hybridized carbons (Fsp3) is 0.250. The van der Waals surface area contributed by atoms with E-state index in [-0.39, 0.29) is 28.8 Å². The van der Waals surface area contributed by atoms with Gasteiger partial charge in [0.2, 0.25) is 0 Å². The molecule has 3 aromatic carbocycles. The molecule has 0 radical (unpaired) electrons. The van der Waals surface area contributed by atoms with Crippen molar-refractivity contribution in [2.24, 2.45) is 5.10 Å². The van der Waals surface area contributed by atoms with Gasteiger partial charge < -0.3 is 20.1 Å². The van der Waals surface area contributed by atoms with E-state index >= 15 is 0 Å². The third-order valence-electron chi connectivity index (χ3n) is 5.61. The van der Waals surface area contributed by atoms with E-state index in [1.165, 1.54) is 24.4 Å². The topological polar surface area (TPSA) is 103 Å². The molecule has 0 aliphatic rings. The predicted octanol–water partition coefficient (Wildman–Crippen LogP) is 4.45. The fourth-order valence-electron chi connectivity index (χ4n) is 3.71. The van der Waals surface area contributed by atoms with Crippen LogP contribution in [-0.4, -0.2) is 49.9 Å². The number of rotatable bonds is 11. The Morgan fingerprint density at radius 3 is 2.46 bits per heavy atom. The second-order valence-corrected chi connectivity index (χ2v) is 9.01. The molecule has 3 aromatic rings. The van der Waals surface area contributed by atoms with E-state index in [4.69, 9.17) is 16.3 Å². The lowest BCUT2D eigenvalue weighted by atomic mass is 10.1. The number of nitrogens with zero attached hydrogens (tertiary/aromatic N) is 2. The van der Waals surface area contributed by atoms with E-state index in [0.717, 1.165) is 35.3 Å². The molecule has 0 saturated heterocycles. The number of carbonyl (C=O) groups is 2. The second-order valence-electron chi connectivity index (χ2n) is 8.60. The number of anilines is 1. The van der Waals surface area contributed by atoms with Crippen LogP contribution in [0.15, 0.2) is 65.8 Å². The van der Waals surface area contributed by atoms with E-state index in [1.807, 2.05) is 51.2 Å². The maximum absolute atomic E-state index is 12.2. The molecule has 2 amide bonds. The zero-order valence-electron chi connectivity index (χ0n) is 21.1. The second kappa shape index (κ2) is 13.3. The minimum atomic E-state index is -0.454. The smallest absolute Gasteiger partial charge is 0.271 e. The number of carbonyl (C=O) groups excluding carboxylic acids is 2. The molecule has 0 bridgehead atoms. The average molecular weight is 523 g/mol. The molecule has 0 unspecified atom stereocenters. The van der Waals surface area contributed by atoms with E-state index in [2.05, 4.69) is 32.9 Å². The number of hydrogen-bond acceptors (Lipinski definition) is 6. The summed E-state index contributed by atoms with van der Waals surface area (Å²) in [6, 6.07) is 18.0. The maximum atomic E-state index is 12.2. The van der Waals surface area contributed by atoms with Crippen molar-refractivity contribution in [2.75, 3.05) is 31.6 Å². The molecule has 8 nitrogen and oxygen atoms in total. The van der Waals surface area contributed by atoms with E-state index in [9.17, 15) is 14.7 Å². The molecule has 194 valence electrons. The van der Waals surface area contributed by atoms with Crippen molar-refractivity contribution in [1.29, 1.82) is 0 Å². The zero-order valence-corrected chi connectivity index (χ0v) is 21.9. The summed E-state index contributed by atoms with van der Waals surface area (Å²) in [5.74, 6) is -0.0915. The van der Waals surface area contributed by atoms with E-state index < -0.39 is 5.91 Å². The van der Waals surface area contributed by atoms with Crippen LogP contribution in [0.3, 0.4) is 0 Å². The van der Waals surface area contributed by atoms with Crippen molar-refractivity contribution >= 4 is 35.3 Å². The summed E-state index contributed by atoms with van der Waals surface area (Å²) in [5, 5.41) is 16.4. The van der Waals surface area contributed by atoms with Crippen molar-refractivity contribution < 1.29 is 19.4 Å². The van der Waals surface area contributed by atoms with Crippen LogP contribution < -0.4 is 20.4 Å². The number of amides is 2. The summed E-state index contributed by atoms with van der Waals surface area (Å²) in [6.45, 7) is 5.08. The van der Waals surface area contributed by atoms with Gasteiger partial charge in [-0.05, 0) is 79.4 Å². The van der Waals surface area contributed by atoms with Gasteiger partial charge in [0, 0.05) is 31.4 Å². The first-order chi connectivity index (χ1) is 17.7. The van der Waals surface area contributed by atoms with Crippen molar-refractivity contribution in [1.82, 2.24) is 10.7 Å². The molecule has 0 aliphatic carbocycles. The van der Waals surface area contributed by atoms with Gasteiger partial charge in [0.05, 0.1) is 11.2 Å². The summed E-state index contributed by atoms with van der Waals surface area (Å²) in [7, 11) is 2.03. The quantitative estimate of drug-likeness (QED) is 0.196. The number of phenols is 1. The van der Waals surface area contributed by atoms with Gasteiger partial charge in [-0.2, -0.15) is 5.10 Å². The Kier molecular flexibility index (Phi) is 9.92. The molecule has 9 heteroatoms. The van der Waals surface area contributed by atoms with E-state index in [0.29, 0.717) is 12.3 Å². The van der Waals surface area contributed by atoms with Gasteiger partial charge in [-0.1, -0.05) is 29.8 Å². The van der Waals surface area contributed by atoms with Gasteiger partial charge in [0.25, 0.3) is 11.8 Å². The number of aromatic hydroxyl groups is 1. The molecule has 3 rings (SSSR count). The molecule has 0 heterocycles. The lowest BCUT2D eigenvalue weighted by molar-refractivity contribution is -0.123. The molecular formula is C28H31ClN4O4. The molecule has 0 aromatic heterocycles. The average Bonchev–Trinajstić information content (AvgIpc) is 2.88. The van der Waals surface area contributed by atoms with Crippen LogP contribution in [0.1, 0.15) is 33.5 Å². The Hall–Kier alpha value is -4.04. The largest absolute Gasteiger partial charge is 0.506 e. The summed E-state index contributed by atoms with van der Waals surface area (Å²) in [5.41, 5.74) is 6.30. The number of hydrogen-bond donors (Lipinski definition) is 3. The van der Waals surface area contributed by atoms with Gasteiger partial charge in [0.1, 0.15) is 11.5 Å². The predicted molar refractivity (Wildman–Crippen MR) is 147 cm³/mol. The van der Waals surface area contributed by atoms with Crippen molar-refractivity contribution in [3.05, 3.63) is 87.9 Å². The highest BCUT2D eigenvalue weighted by Gasteiger charge is 2.10. The third-order valence-corrected chi connectivity index (χ3v) is 5.91. The molecule has 0 aliphatic heterocycles. The van der Waals surface area contributed by atoms with Gasteiger partial charge in [0.15, 0.2) is 6.61 Å². The van der Waals surface area contributed by atoms with Crippen LogP contribution >= 0.6 is 11.6 Å². The van der Waals surface area contributed by atoms with E-state index in [1.54, 1.807) is 0 Å². The first-order valence-electron chi connectivity index (χ1n) is 11.8. The number of phenolic OH excluding ortho intramolecular Hbond substituents is 1. The number of ether oxygens (including phenoxy) is 1. The zero-order chi connectivity index (χ0) is 26.8. The number of hydrazone groups is 1. The molecular weight excluding hydrogens is 492 g/mol. The molecule has 0 fully saturated rings. The summed E-state index contributed by atoms with van der Waals surface area (Å²) >= 11 is 5.84. The molecule has 0 saturated carbocycles. The number of nitrogens with one attached hydrogen (secondary N) is 2. The third kappa shape index (κ3) is 8.25. The monoisotopic (exact) mass is 522 g/mol. The van der Waals surface area contributed by atoms with Crippen LogP contribution in [0.2, 0.25) is 5.02 Å². The first kappa shape index (κ1) is 27.5. The lowest BCUT2D eigenvalue weighted by Crippen LogP contribution is -2.31. The van der Waals surface area contributed by atoms with Crippen LogP contribution in [-0.2, 0) is 4.79 Å². The van der Waals surface area contributed by atoms with Gasteiger partial charge in [-0.25, -0.2) is 5.43 Å². The van der Waals surface area contributed by atoms with Gasteiger partial charge >= 0.3 is 0 Å². The molecule has 37 heavy (non-hydrogen) atoms. The summed E-state index contributed by atoms with van der Waals surface area (Å²) in [6.07, 6.45) is 2.34. The van der Waals surface area contributed by atoms with Crippen LogP contribution in [0.5, 0.6) is 11.5 Å². The molecule has 3 N–H and O–H groups in total. The standard InChI is InChI=1S/C28H31ClN4O4/c1-19-14-21(17-31-32-28(36)22-10-11-25(34)24(29)16-22)15-20(2)27(19)37-18-26(35)30-12-7-13-33(3)23-8-5-4-6-9-23/h4-6,8-11,14-17,34H,7,12-13,18H2,1-3H3,(H,30,35)(H,32,36)/b31-17+. The van der Waals surface area contributed by atoms with Crippen LogP contribution in [0, 0.1) is 13.8 Å². The van der Waals surface area contributed by atoms with Crippen LogP contribution in [0.25, 0.3) is 0 Å². The molecule has 0 spiro atoms. The fourth-order valence-corrected chi connectivity index (χ4v) is 3.89. The van der Waals surface area contributed by atoms with Crippen molar-refractivity contribution in [2.45, 2.75) is 20.3 Å². The summed E-state index contributed by atoms with van der Waals surface area (Å²) in [4.78, 5) is 26.6. The van der Waals surface area contributed by atoms with Gasteiger partial charge in [-0.15, -0.1) is 0 Å². The number of halogens is 1. The number of aryl methyl sites for hydroxylation is 2. The SMILES string of the molecule is Cc1cc(/C=N/NC(=O)c2ccc(O)c(Cl)c2)cc(C)c1OCC(=O)NCCCN(C)c1ccccc1. The van der Waals surface area contributed by atoms with Gasteiger partial charge in [-0.3, -0.25) is 9.59 Å². The summed E-state index contributed by atoms with van der Waals surface area (Å²) < 4.78 is 5.78. The normalized spacial score (nSPS) is 10.8. The number of para-hydroxylation sites is 1. The Morgan fingerprint density at radius 2 is 1.78 bits per heavy atom. The van der Waals surface area contributed by atoms with Crippen molar-refractivity contribution in [3.8, 4) is 11.5 Å². The Bertz CT molecular complexity index is 1240. The highest BCUT2D eigenvalue weighted by Crippen LogP contribution is 2.25. The van der Waals surface area contributed by atoms with Crippen LogP contribution in [0.4, 0.5) is 5.69 Å². The maximum Gasteiger partial charge on any atom is 0.271 e. The Balaban J connectivity index is 1.44. The Labute approximate surface area is 221 Å². The van der Waals surface area contributed by atoms with Crippen molar-refractivity contribution in [3.63, 3.8) is 0 Å².